The maximum Gasteiger partial charge on any atom is 0.265 e. The molecule has 0 bridgehead atoms. The van der Waals surface area contributed by atoms with Gasteiger partial charge in [0.15, 0.2) is 0 Å². The number of carbonyl (C=O) groups excluding carboxylic acids is 2. The van der Waals surface area contributed by atoms with Gasteiger partial charge in [0, 0.05) is 28.6 Å². The zero-order valence-electron chi connectivity index (χ0n) is 23.4. The van der Waals surface area contributed by atoms with E-state index in [1.807, 2.05) is 78.9 Å². The van der Waals surface area contributed by atoms with E-state index in [4.69, 9.17) is 11.6 Å². The number of fused-ring (bicyclic) bond motifs is 1. The Hall–Kier alpha value is -3.06. The van der Waals surface area contributed by atoms with Crippen molar-refractivity contribution in [3.8, 4) is 0 Å². The molecule has 1 N–H and O–H groups in total. The van der Waals surface area contributed by atoms with Crippen molar-refractivity contribution < 1.29 is 9.59 Å². The average molecular weight is 576 g/mol. The van der Waals surface area contributed by atoms with Crippen LogP contribution in [0.1, 0.15) is 61.0 Å². The molecule has 210 valence electrons. The molecule has 0 fully saturated rings. The molecule has 7 heteroatoms. The van der Waals surface area contributed by atoms with Gasteiger partial charge in [-0.15, -0.1) is 0 Å². The van der Waals surface area contributed by atoms with E-state index in [9.17, 15) is 9.59 Å². The Bertz CT molecular complexity index is 1320. The summed E-state index contributed by atoms with van der Waals surface area (Å²) in [4.78, 5) is 32.3. The van der Waals surface area contributed by atoms with E-state index < -0.39 is 0 Å². The lowest BCUT2D eigenvalue weighted by Crippen LogP contribution is -2.36. The van der Waals surface area contributed by atoms with Gasteiger partial charge in [-0.3, -0.25) is 9.59 Å². The molecule has 0 spiro atoms. The van der Waals surface area contributed by atoms with Crippen molar-refractivity contribution in [3.05, 3.63) is 99.4 Å². The van der Waals surface area contributed by atoms with E-state index in [0.717, 1.165) is 41.3 Å². The van der Waals surface area contributed by atoms with Gasteiger partial charge in [-0.2, -0.15) is 0 Å². The van der Waals surface area contributed by atoms with Crippen LogP contribution in [0.15, 0.2) is 82.6 Å². The topological polar surface area (TPSA) is 52.7 Å². The van der Waals surface area contributed by atoms with Crippen molar-refractivity contribution in [2.75, 3.05) is 31.1 Å². The lowest BCUT2D eigenvalue weighted by Gasteiger charge is -2.30. The molecule has 3 aromatic carbocycles. The first-order valence-electron chi connectivity index (χ1n) is 14.1. The van der Waals surface area contributed by atoms with Crippen LogP contribution in [0.3, 0.4) is 0 Å². The van der Waals surface area contributed by atoms with E-state index in [1.54, 1.807) is 4.90 Å². The Morgan fingerprint density at radius 2 is 1.68 bits per heavy atom. The molecule has 4 rings (SSSR count). The molecule has 2 amide bonds. The van der Waals surface area contributed by atoms with Gasteiger partial charge in [-0.05, 0) is 79.5 Å². The second-order valence-corrected chi connectivity index (χ2v) is 11.5. The number of nitrogens with zero attached hydrogens (tertiary/aromatic N) is 2. The standard InChI is InChI=1S/C33H38ClN3O2S/c1-3-5-19-36(20-6-4-2)21-18-35-32(38)27-16-14-25(15-17-27)23-31-33(39)37(24-26-10-9-11-28(34)22-26)29-12-7-8-13-30(29)40-31/h7-17,22-23H,3-6,18-21,24H2,1-2H3,(H,35,38)/b31-23+. The highest BCUT2D eigenvalue weighted by Gasteiger charge is 2.29. The van der Waals surface area contributed by atoms with Crippen LogP contribution in [0, 0.1) is 0 Å². The number of amides is 2. The lowest BCUT2D eigenvalue weighted by molar-refractivity contribution is -0.114. The second kappa shape index (κ2) is 15.1. The van der Waals surface area contributed by atoms with Crippen molar-refractivity contribution >= 4 is 46.9 Å². The highest BCUT2D eigenvalue weighted by atomic mass is 35.5. The van der Waals surface area contributed by atoms with Crippen LogP contribution in [0.4, 0.5) is 5.69 Å². The number of nitrogens with one attached hydrogen (secondary N) is 1. The number of anilines is 1. The second-order valence-electron chi connectivity index (χ2n) is 10.0. The normalized spacial score (nSPS) is 14.1. The molecule has 40 heavy (non-hydrogen) atoms. The number of halogens is 1. The van der Waals surface area contributed by atoms with Gasteiger partial charge in [0.2, 0.25) is 0 Å². The van der Waals surface area contributed by atoms with Crippen molar-refractivity contribution in [1.82, 2.24) is 10.2 Å². The number of hydrogen-bond donors (Lipinski definition) is 1. The van der Waals surface area contributed by atoms with Gasteiger partial charge in [0.1, 0.15) is 0 Å². The summed E-state index contributed by atoms with van der Waals surface area (Å²) in [7, 11) is 0. The molecule has 0 saturated heterocycles. The van der Waals surface area contributed by atoms with Gasteiger partial charge in [-0.25, -0.2) is 0 Å². The highest BCUT2D eigenvalue weighted by molar-refractivity contribution is 8.04. The van der Waals surface area contributed by atoms with Gasteiger partial charge in [0.25, 0.3) is 11.8 Å². The van der Waals surface area contributed by atoms with Crippen LogP contribution in [0.5, 0.6) is 0 Å². The lowest BCUT2D eigenvalue weighted by atomic mass is 10.1. The Balaban J connectivity index is 1.42. The molecule has 3 aromatic rings. The van der Waals surface area contributed by atoms with Crippen LogP contribution in [-0.4, -0.2) is 42.9 Å². The fraction of sp³-hybridized carbons (Fsp3) is 0.333. The first-order valence-corrected chi connectivity index (χ1v) is 15.3. The van der Waals surface area contributed by atoms with E-state index in [1.165, 1.54) is 37.4 Å². The van der Waals surface area contributed by atoms with Crippen LogP contribution < -0.4 is 10.2 Å². The first-order chi connectivity index (χ1) is 19.5. The van der Waals surface area contributed by atoms with Crippen LogP contribution in [0.25, 0.3) is 6.08 Å². The number of benzene rings is 3. The van der Waals surface area contributed by atoms with E-state index >= 15 is 0 Å². The molecule has 5 nitrogen and oxygen atoms in total. The number of hydrogen-bond acceptors (Lipinski definition) is 4. The number of para-hydroxylation sites is 1. The Morgan fingerprint density at radius 3 is 2.38 bits per heavy atom. The van der Waals surface area contributed by atoms with Gasteiger partial charge < -0.3 is 15.1 Å². The summed E-state index contributed by atoms with van der Waals surface area (Å²) < 4.78 is 0. The summed E-state index contributed by atoms with van der Waals surface area (Å²) in [5.74, 6) is -0.129. The van der Waals surface area contributed by atoms with Crippen LogP contribution in [-0.2, 0) is 11.3 Å². The number of thioether (sulfide) groups is 1. The van der Waals surface area contributed by atoms with Crippen LogP contribution in [0.2, 0.25) is 5.02 Å². The molecular weight excluding hydrogens is 538 g/mol. The molecule has 0 saturated carbocycles. The summed E-state index contributed by atoms with van der Waals surface area (Å²) in [6.07, 6.45) is 6.61. The fourth-order valence-electron chi connectivity index (χ4n) is 4.65. The zero-order valence-corrected chi connectivity index (χ0v) is 24.9. The van der Waals surface area contributed by atoms with E-state index in [-0.39, 0.29) is 11.8 Å². The highest BCUT2D eigenvalue weighted by Crippen LogP contribution is 2.42. The molecular formula is C33H38ClN3O2S. The molecule has 0 aromatic heterocycles. The minimum absolute atomic E-state index is 0.0544. The van der Waals surface area contributed by atoms with E-state index in [2.05, 4.69) is 24.1 Å². The zero-order chi connectivity index (χ0) is 28.3. The summed E-state index contributed by atoms with van der Waals surface area (Å²) in [6, 6.07) is 23.0. The predicted molar refractivity (Wildman–Crippen MR) is 168 cm³/mol. The third-order valence-electron chi connectivity index (χ3n) is 6.90. The molecule has 0 unspecified atom stereocenters. The van der Waals surface area contributed by atoms with Gasteiger partial charge in [-0.1, -0.05) is 86.5 Å². The van der Waals surface area contributed by atoms with Crippen molar-refractivity contribution in [3.63, 3.8) is 0 Å². The maximum atomic E-state index is 13.6. The van der Waals surface area contributed by atoms with E-state index in [0.29, 0.717) is 28.6 Å². The third kappa shape index (κ3) is 8.23. The van der Waals surface area contributed by atoms with Crippen molar-refractivity contribution in [1.29, 1.82) is 0 Å². The Kier molecular flexibility index (Phi) is 11.3. The third-order valence-corrected chi connectivity index (χ3v) is 8.21. The first kappa shape index (κ1) is 29.9. The summed E-state index contributed by atoms with van der Waals surface area (Å²) in [5.41, 5.74) is 3.35. The van der Waals surface area contributed by atoms with Crippen molar-refractivity contribution in [2.45, 2.75) is 51.0 Å². The smallest absolute Gasteiger partial charge is 0.265 e. The summed E-state index contributed by atoms with van der Waals surface area (Å²) in [5, 5.41) is 3.71. The minimum Gasteiger partial charge on any atom is -0.351 e. The van der Waals surface area contributed by atoms with Gasteiger partial charge >= 0.3 is 0 Å². The quantitative estimate of drug-likeness (QED) is 0.213. The number of unbranched alkanes of at least 4 members (excludes halogenated alkanes) is 2. The molecule has 1 aliphatic rings. The number of rotatable bonds is 13. The fourth-order valence-corrected chi connectivity index (χ4v) is 5.92. The molecule has 1 heterocycles. The van der Waals surface area contributed by atoms with Crippen molar-refractivity contribution in [2.24, 2.45) is 0 Å². The largest absolute Gasteiger partial charge is 0.351 e. The van der Waals surface area contributed by atoms with Crippen LogP contribution >= 0.6 is 23.4 Å². The number of carbonyl (C=O) groups is 2. The molecule has 1 aliphatic heterocycles. The summed E-state index contributed by atoms with van der Waals surface area (Å²) >= 11 is 7.67. The molecule has 0 atom stereocenters. The minimum atomic E-state index is -0.0742. The maximum absolute atomic E-state index is 13.6. The van der Waals surface area contributed by atoms with Gasteiger partial charge in [0.05, 0.1) is 17.1 Å². The molecule has 0 radical (unpaired) electrons. The predicted octanol–water partition coefficient (Wildman–Crippen LogP) is 7.65. The SMILES string of the molecule is CCCCN(CCCC)CCNC(=O)c1ccc(/C=C2/Sc3ccccc3N(Cc3cccc(Cl)c3)C2=O)cc1. The molecule has 0 aliphatic carbocycles. The Labute approximate surface area is 247 Å². The average Bonchev–Trinajstić information content (AvgIpc) is 2.96. The summed E-state index contributed by atoms with van der Waals surface area (Å²) in [6.45, 7) is 8.49. The monoisotopic (exact) mass is 575 g/mol. The Morgan fingerprint density at radius 1 is 0.950 bits per heavy atom.